The van der Waals surface area contributed by atoms with E-state index in [9.17, 15) is 9.59 Å². The third-order valence-corrected chi connectivity index (χ3v) is 2.67. The molecule has 6 heteroatoms. The molecular formula is C13H17ClN2O3. The maximum absolute atomic E-state index is 11.7. The van der Waals surface area contributed by atoms with Crippen LogP contribution in [0.5, 0.6) is 5.75 Å². The molecule has 0 spiro atoms. The highest BCUT2D eigenvalue weighted by molar-refractivity contribution is 6.39. The van der Waals surface area contributed by atoms with Gasteiger partial charge in [0.15, 0.2) is 0 Å². The zero-order chi connectivity index (χ0) is 14.3. The lowest BCUT2D eigenvalue weighted by atomic mass is 10.2. The average molecular weight is 285 g/mol. The van der Waals surface area contributed by atoms with Crippen LogP contribution in [0.15, 0.2) is 18.2 Å². The number of alkyl halides is 1. The van der Waals surface area contributed by atoms with Gasteiger partial charge in [-0.2, -0.15) is 0 Å². The van der Waals surface area contributed by atoms with Crippen LogP contribution in [-0.2, 0) is 9.59 Å². The van der Waals surface area contributed by atoms with Gasteiger partial charge in [-0.15, -0.1) is 11.6 Å². The van der Waals surface area contributed by atoms with Crippen LogP contribution in [0.1, 0.15) is 12.0 Å². The minimum absolute atomic E-state index is 0.376. The summed E-state index contributed by atoms with van der Waals surface area (Å²) >= 11 is 5.48. The first-order valence-corrected chi connectivity index (χ1v) is 6.41. The molecule has 0 atom stereocenters. The van der Waals surface area contributed by atoms with E-state index in [1.807, 2.05) is 13.0 Å². The van der Waals surface area contributed by atoms with Crippen molar-refractivity contribution in [1.29, 1.82) is 0 Å². The smallest absolute Gasteiger partial charge is 0.313 e. The number of anilines is 1. The summed E-state index contributed by atoms with van der Waals surface area (Å²) < 4.78 is 5.12. The number of rotatable bonds is 5. The highest BCUT2D eigenvalue weighted by Gasteiger charge is 2.15. The molecule has 1 aromatic carbocycles. The predicted molar refractivity (Wildman–Crippen MR) is 74.7 cm³/mol. The van der Waals surface area contributed by atoms with Crippen LogP contribution in [-0.4, -0.2) is 31.3 Å². The number of nitrogens with one attached hydrogen (secondary N) is 2. The normalized spacial score (nSPS) is 9.84. The van der Waals surface area contributed by atoms with Crippen molar-refractivity contribution >= 4 is 29.1 Å². The molecule has 0 aromatic heterocycles. The number of hydrogen-bond acceptors (Lipinski definition) is 3. The van der Waals surface area contributed by atoms with Gasteiger partial charge >= 0.3 is 11.8 Å². The summed E-state index contributed by atoms with van der Waals surface area (Å²) in [7, 11) is 1.50. The SMILES string of the molecule is COc1ccc(C)cc1NC(=O)C(=O)NCCCCl. The van der Waals surface area contributed by atoms with Gasteiger partial charge in [-0.25, -0.2) is 0 Å². The Balaban J connectivity index is 2.65. The molecule has 1 aromatic rings. The fraction of sp³-hybridized carbons (Fsp3) is 0.385. The first kappa shape index (κ1) is 15.3. The summed E-state index contributed by atoms with van der Waals surface area (Å²) in [6.07, 6.45) is 0.619. The standard InChI is InChI=1S/C13H17ClN2O3/c1-9-4-5-11(19-2)10(8-9)16-13(18)12(17)15-7-3-6-14/h4-5,8H,3,6-7H2,1-2H3,(H,15,17)(H,16,18). The maximum atomic E-state index is 11.7. The van der Waals surface area contributed by atoms with Gasteiger partial charge < -0.3 is 15.4 Å². The molecule has 0 fully saturated rings. The van der Waals surface area contributed by atoms with E-state index in [2.05, 4.69) is 10.6 Å². The molecule has 0 bridgehead atoms. The van der Waals surface area contributed by atoms with Crippen molar-refractivity contribution in [2.45, 2.75) is 13.3 Å². The molecule has 5 nitrogen and oxygen atoms in total. The van der Waals surface area contributed by atoms with Gasteiger partial charge in [-0.1, -0.05) is 6.07 Å². The molecule has 0 aliphatic heterocycles. The maximum Gasteiger partial charge on any atom is 0.313 e. The van der Waals surface area contributed by atoms with Crippen molar-refractivity contribution in [3.8, 4) is 5.75 Å². The van der Waals surface area contributed by atoms with Crippen molar-refractivity contribution in [3.05, 3.63) is 23.8 Å². The van der Waals surface area contributed by atoms with Gasteiger partial charge in [0.2, 0.25) is 0 Å². The molecule has 0 unspecified atom stereocenters. The Kier molecular flexibility index (Phi) is 6.15. The monoisotopic (exact) mass is 284 g/mol. The topological polar surface area (TPSA) is 67.4 Å². The summed E-state index contributed by atoms with van der Waals surface area (Å²) in [5.41, 5.74) is 1.43. The Morgan fingerprint density at radius 3 is 2.68 bits per heavy atom. The number of aryl methyl sites for hydroxylation is 1. The highest BCUT2D eigenvalue weighted by atomic mass is 35.5. The van der Waals surface area contributed by atoms with Crippen molar-refractivity contribution in [3.63, 3.8) is 0 Å². The van der Waals surface area contributed by atoms with E-state index >= 15 is 0 Å². The van der Waals surface area contributed by atoms with Crippen molar-refractivity contribution in [2.24, 2.45) is 0 Å². The lowest BCUT2D eigenvalue weighted by molar-refractivity contribution is -0.136. The van der Waals surface area contributed by atoms with E-state index in [-0.39, 0.29) is 0 Å². The third-order valence-electron chi connectivity index (χ3n) is 2.41. The molecule has 0 radical (unpaired) electrons. The Morgan fingerprint density at radius 2 is 2.05 bits per heavy atom. The van der Waals surface area contributed by atoms with E-state index in [0.717, 1.165) is 5.56 Å². The van der Waals surface area contributed by atoms with E-state index in [1.165, 1.54) is 7.11 Å². The number of carbonyl (C=O) groups is 2. The number of methoxy groups -OCH3 is 1. The number of carbonyl (C=O) groups excluding carboxylic acids is 2. The third kappa shape index (κ3) is 4.79. The minimum Gasteiger partial charge on any atom is -0.495 e. The van der Waals surface area contributed by atoms with Crippen LogP contribution in [0.2, 0.25) is 0 Å². The average Bonchev–Trinajstić information content (AvgIpc) is 2.39. The van der Waals surface area contributed by atoms with Crippen LogP contribution in [0.4, 0.5) is 5.69 Å². The first-order valence-electron chi connectivity index (χ1n) is 5.88. The minimum atomic E-state index is -0.724. The first-order chi connectivity index (χ1) is 9.08. The molecular weight excluding hydrogens is 268 g/mol. The second-order valence-electron chi connectivity index (χ2n) is 3.96. The molecule has 2 amide bonds. The lowest BCUT2D eigenvalue weighted by Gasteiger charge is -2.10. The zero-order valence-corrected chi connectivity index (χ0v) is 11.7. The van der Waals surface area contributed by atoms with Crippen molar-refractivity contribution < 1.29 is 14.3 Å². The quantitative estimate of drug-likeness (QED) is 0.491. The van der Waals surface area contributed by atoms with E-state index in [0.29, 0.717) is 30.3 Å². The highest BCUT2D eigenvalue weighted by Crippen LogP contribution is 2.24. The molecule has 0 aliphatic carbocycles. The van der Waals surface area contributed by atoms with Crippen LogP contribution in [0.3, 0.4) is 0 Å². The van der Waals surface area contributed by atoms with E-state index < -0.39 is 11.8 Å². The molecule has 19 heavy (non-hydrogen) atoms. The Labute approximate surface area is 117 Å². The van der Waals surface area contributed by atoms with Gasteiger partial charge in [0, 0.05) is 12.4 Å². The van der Waals surface area contributed by atoms with Gasteiger partial charge in [-0.05, 0) is 31.0 Å². The number of benzene rings is 1. The van der Waals surface area contributed by atoms with Crippen LogP contribution in [0.25, 0.3) is 0 Å². The molecule has 2 N–H and O–H groups in total. The Morgan fingerprint density at radius 1 is 1.32 bits per heavy atom. The second-order valence-corrected chi connectivity index (χ2v) is 4.33. The van der Waals surface area contributed by atoms with Gasteiger partial charge in [0.05, 0.1) is 12.8 Å². The Hall–Kier alpha value is -1.75. The predicted octanol–water partition coefficient (Wildman–Crippen LogP) is 1.69. The molecule has 0 saturated carbocycles. The summed E-state index contributed by atoms with van der Waals surface area (Å²) in [5, 5.41) is 5.00. The van der Waals surface area contributed by atoms with Crippen LogP contribution < -0.4 is 15.4 Å². The Bertz CT molecular complexity index is 463. The largest absolute Gasteiger partial charge is 0.495 e. The van der Waals surface area contributed by atoms with E-state index in [4.69, 9.17) is 16.3 Å². The molecule has 104 valence electrons. The molecule has 0 aliphatic rings. The van der Waals surface area contributed by atoms with Gasteiger partial charge in [0.25, 0.3) is 0 Å². The number of ether oxygens (including phenoxy) is 1. The van der Waals surface area contributed by atoms with Crippen LogP contribution >= 0.6 is 11.6 Å². The fourth-order valence-electron chi connectivity index (χ4n) is 1.45. The molecule has 0 heterocycles. The number of amides is 2. The zero-order valence-electron chi connectivity index (χ0n) is 11.0. The van der Waals surface area contributed by atoms with Crippen molar-refractivity contribution in [2.75, 3.05) is 24.9 Å². The van der Waals surface area contributed by atoms with Gasteiger partial charge in [-0.3, -0.25) is 9.59 Å². The van der Waals surface area contributed by atoms with Gasteiger partial charge in [0.1, 0.15) is 5.75 Å². The van der Waals surface area contributed by atoms with Crippen LogP contribution in [0, 0.1) is 6.92 Å². The number of hydrogen-bond donors (Lipinski definition) is 2. The second kappa shape index (κ2) is 7.63. The summed E-state index contributed by atoms with van der Waals surface area (Å²) in [4.78, 5) is 23.2. The fourth-order valence-corrected chi connectivity index (χ4v) is 1.58. The van der Waals surface area contributed by atoms with Crippen molar-refractivity contribution in [1.82, 2.24) is 5.32 Å². The lowest BCUT2D eigenvalue weighted by Crippen LogP contribution is -2.36. The summed E-state index contributed by atoms with van der Waals surface area (Å²) in [5.74, 6) is -0.465. The molecule has 0 saturated heterocycles. The van der Waals surface area contributed by atoms with E-state index in [1.54, 1.807) is 12.1 Å². The number of halogens is 1. The summed E-state index contributed by atoms with van der Waals surface area (Å²) in [6, 6.07) is 5.33. The molecule has 1 rings (SSSR count). The summed E-state index contributed by atoms with van der Waals surface area (Å²) in [6.45, 7) is 2.26.